The fraction of sp³-hybridized carbons (Fsp3) is 0.455. The molecule has 0 spiro atoms. The van der Waals surface area contributed by atoms with Crippen LogP contribution in [0.2, 0.25) is 0 Å². The second-order valence-electron chi connectivity index (χ2n) is 4.88. The van der Waals surface area contributed by atoms with Crippen molar-refractivity contribution in [2.45, 2.75) is 38.0 Å². The predicted molar refractivity (Wildman–Crippen MR) is 66.2 cm³/mol. The number of hydrogen-bond acceptors (Lipinski definition) is 2. The van der Waals surface area contributed by atoms with Gasteiger partial charge in [-0.05, 0) is 35.1 Å². The molecule has 6 heteroatoms. The van der Waals surface area contributed by atoms with Crippen LogP contribution in [0.15, 0.2) is 27.6 Å². The summed E-state index contributed by atoms with van der Waals surface area (Å²) in [5, 5.41) is 0. The normalized spacial score (nSPS) is 12.0. The first-order valence-corrected chi connectivity index (χ1v) is 6.55. The molecule has 17 heavy (non-hydrogen) atoms. The van der Waals surface area contributed by atoms with Crippen LogP contribution < -0.4 is 0 Å². The molecular formula is C11H15N3O2S. The molecule has 0 bridgehead atoms. The summed E-state index contributed by atoms with van der Waals surface area (Å²) in [4.78, 5) is 2.43. The maximum atomic E-state index is 11.7. The van der Waals surface area contributed by atoms with E-state index in [2.05, 4.69) is 9.43 Å². The van der Waals surface area contributed by atoms with Crippen LogP contribution in [0.1, 0.15) is 31.9 Å². The van der Waals surface area contributed by atoms with Crippen LogP contribution >= 0.6 is 0 Å². The molecule has 0 aliphatic carbocycles. The van der Waals surface area contributed by atoms with Gasteiger partial charge in [-0.15, -0.1) is 0 Å². The molecule has 0 saturated carbocycles. The molecule has 1 aromatic carbocycles. The zero-order valence-corrected chi connectivity index (χ0v) is 11.1. The van der Waals surface area contributed by atoms with E-state index in [0.717, 1.165) is 5.56 Å². The Morgan fingerprint density at radius 3 is 2.35 bits per heavy atom. The van der Waals surface area contributed by atoms with Crippen molar-refractivity contribution < 1.29 is 8.42 Å². The van der Waals surface area contributed by atoms with Crippen LogP contribution in [0.4, 0.5) is 0 Å². The van der Waals surface area contributed by atoms with Gasteiger partial charge in [0.1, 0.15) is 0 Å². The molecule has 0 radical (unpaired) electrons. The summed E-state index contributed by atoms with van der Waals surface area (Å²) >= 11 is 0. The number of azide groups is 1. The molecule has 0 N–H and O–H groups in total. The van der Waals surface area contributed by atoms with Gasteiger partial charge in [0.15, 0.2) is 0 Å². The van der Waals surface area contributed by atoms with Crippen LogP contribution in [0, 0.1) is 6.92 Å². The SMILES string of the molecule is Cc1ccc(C(C)(C)C)cc1S(=O)(=O)N=[N+]=[N-]. The minimum Gasteiger partial charge on any atom is -0.216 e. The van der Waals surface area contributed by atoms with E-state index in [4.69, 9.17) is 5.53 Å². The average Bonchev–Trinajstić information content (AvgIpc) is 2.15. The second-order valence-corrected chi connectivity index (χ2v) is 6.43. The molecular weight excluding hydrogens is 238 g/mol. The topological polar surface area (TPSA) is 82.9 Å². The first kappa shape index (κ1) is 13.5. The van der Waals surface area contributed by atoms with Gasteiger partial charge in [0.2, 0.25) is 0 Å². The van der Waals surface area contributed by atoms with Crippen molar-refractivity contribution in [3.63, 3.8) is 0 Å². The van der Waals surface area contributed by atoms with Gasteiger partial charge in [-0.1, -0.05) is 32.9 Å². The molecule has 0 aliphatic rings. The van der Waals surface area contributed by atoms with Crippen molar-refractivity contribution >= 4 is 10.0 Å². The predicted octanol–water partition coefficient (Wildman–Crippen LogP) is 3.29. The Morgan fingerprint density at radius 2 is 1.88 bits per heavy atom. The van der Waals surface area contributed by atoms with Gasteiger partial charge in [0.05, 0.1) is 4.90 Å². The molecule has 0 fully saturated rings. The van der Waals surface area contributed by atoms with E-state index in [1.54, 1.807) is 19.1 Å². The summed E-state index contributed by atoms with van der Waals surface area (Å²) < 4.78 is 26.3. The maximum Gasteiger partial charge on any atom is 0.264 e. The zero-order chi connectivity index (χ0) is 13.3. The Labute approximate surface area is 101 Å². The Kier molecular flexibility index (Phi) is 3.50. The molecule has 0 atom stereocenters. The van der Waals surface area contributed by atoms with Gasteiger partial charge in [0.25, 0.3) is 10.0 Å². The summed E-state index contributed by atoms with van der Waals surface area (Å²) in [6.07, 6.45) is 0. The van der Waals surface area contributed by atoms with Crippen LogP contribution in [0.5, 0.6) is 0 Å². The molecule has 0 aliphatic heterocycles. The average molecular weight is 253 g/mol. The van der Waals surface area contributed by atoms with Crippen LogP contribution in [-0.4, -0.2) is 8.42 Å². The maximum absolute atomic E-state index is 11.7. The summed E-state index contributed by atoms with van der Waals surface area (Å²) in [7, 11) is -3.92. The molecule has 0 amide bonds. The van der Waals surface area contributed by atoms with Gasteiger partial charge in [-0.25, -0.2) is 8.42 Å². The lowest BCUT2D eigenvalue weighted by Crippen LogP contribution is -2.12. The van der Waals surface area contributed by atoms with Crippen molar-refractivity contribution in [1.29, 1.82) is 0 Å². The van der Waals surface area contributed by atoms with Crippen molar-refractivity contribution in [3.05, 3.63) is 39.8 Å². The Hall–Kier alpha value is -1.52. The molecule has 1 rings (SSSR count). The molecule has 0 saturated heterocycles. The number of aryl methyl sites for hydroxylation is 1. The van der Waals surface area contributed by atoms with Gasteiger partial charge in [-0.2, -0.15) is 0 Å². The third-order valence-electron chi connectivity index (χ3n) is 2.48. The van der Waals surface area contributed by atoms with Gasteiger partial charge in [-0.3, -0.25) is 0 Å². The second kappa shape index (κ2) is 4.39. The highest BCUT2D eigenvalue weighted by Crippen LogP contribution is 2.27. The van der Waals surface area contributed by atoms with E-state index in [0.29, 0.717) is 5.56 Å². The largest absolute Gasteiger partial charge is 0.264 e. The van der Waals surface area contributed by atoms with E-state index in [1.165, 1.54) is 0 Å². The first-order chi connectivity index (χ1) is 7.68. The lowest BCUT2D eigenvalue weighted by molar-refractivity contribution is 0.583. The number of benzene rings is 1. The number of hydrogen-bond donors (Lipinski definition) is 0. The molecule has 1 aromatic rings. The van der Waals surface area contributed by atoms with Crippen molar-refractivity contribution in [2.75, 3.05) is 0 Å². The molecule has 0 aromatic heterocycles. The molecule has 0 unspecified atom stereocenters. The fourth-order valence-electron chi connectivity index (χ4n) is 1.44. The Balaban J connectivity index is 3.50. The van der Waals surface area contributed by atoms with Gasteiger partial charge in [0, 0.05) is 9.43 Å². The Morgan fingerprint density at radius 1 is 1.29 bits per heavy atom. The van der Waals surface area contributed by atoms with E-state index < -0.39 is 10.0 Å². The molecule has 5 nitrogen and oxygen atoms in total. The van der Waals surface area contributed by atoms with Crippen molar-refractivity contribution in [3.8, 4) is 0 Å². The smallest absolute Gasteiger partial charge is 0.216 e. The van der Waals surface area contributed by atoms with Gasteiger partial charge < -0.3 is 0 Å². The summed E-state index contributed by atoms with van der Waals surface area (Å²) in [6, 6.07) is 5.17. The highest BCUT2D eigenvalue weighted by molar-refractivity contribution is 7.90. The quantitative estimate of drug-likeness (QED) is 0.460. The van der Waals surface area contributed by atoms with Crippen LogP contribution in [0.25, 0.3) is 10.4 Å². The standard InChI is InChI=1S/C11H15N3O2S/c1-8-5-6-9(11(2,3)4)7-10(8)17(15,16)14-13-12/h5-7H,1-4H3. The number of nitrogens with zero attached hydrogens (tertiary/aromatic N) is 3. The summed E-state index contributed by atoms with van der Waals surface area (Å²) in [6.45, 7) is 7.64. The highest BCUT2D eigenvalue weighted by atomic mass is 32.2. The fourth-order valence-corrected chi connectivity index (χ4v) is 2.37. The monoisotopic (exact) mass is 253 g/mol. The van der Waals surface area contributed by atoms with E-state index in [9.17, 15) is 8.42 Å². The summed E-state index contributed by atoms with van der Waals surface area (Å²) in [5.41, 5.74) is 9.56. The summed E-state index contributed by atoms with van der Waals surface area (Å²) in [5.74, 6) is 0. The van der Waals surface area contributed by atoms with E-state index in [1.807, 2.05) is 26.8 Å². The minimum absolute atomic E-state index is 0.0720. The van der Waals surface area contributed by atoms with E-state index >= 15 is 0 Å². The molecule has 92 valence electrons. The lowest BCUT2D eigenvalue weighted by Gasteiger charge is -2.20. The molecule has 0 heterocycles. The van der Waals surface area contributed by atoms with Crippen LogP contribution in [0.3, 0.4) is 0 Å². The number of sulfonamides is 1. The van der Waals surface area contributed by atoms with Crippen molar-refractivity contribution in [2.24, 2.45) is 4.52 Å². The zero-order valence-electron chi connectivity index (χ0n) is 10.3. The van der Waals surface area contributed by atoms with Crippen LogP contribution in [-0.2, 0) is 15.4 Å². The third kappa shape index (κ3) is 2.99. The minimum atomic E-state index is -3.92. The third-order valence-corrected chi connectivity index (χ3v) is 3.76. The highest BCUT2D eigenvalue weighted by Gasteiger charge is 2.20. The van der Waals surface area contributed by atoms with Crippen molar-refractivity contribution in [1.82, 2.24) is 0 Å². The van der Waals surface area contributed by atoms with Gasteiger partial charge >= 0.3 is 0 Å². The number of rotatable bonds is 2. The first-order valence-electron chi connectivity index (χ1n) is 5.11. The van der Waals surface area contributed by atoms with E-state index in [-0.39, 0.29) is 10.3 Å². The Bertz CT molecular complexity index is 579. The lowest BCUT2D eigenvalue weighted by atomic mass is 9.87.